The van der Waals surface area contributed by atoms with E-state index in [1.165, 1.54) is 0 Å². The highest BCUT2D eigenvalue weighted by Gasteiger charge is 2.20. The van der Waals surface area contributed by atoms with Crippen LogP contribution in [0.3, 0.4) is 0 Å². The summed E-state index contributed by atoms with van der Waals surface area (Å²) in [5.41, 5.74) is 2.42. The molecule has 114 valence electrons. The molecule has 1 aliphatic rings. The SMILES string of the molecule is Cc1ccccc1Nc1nccc(C(=O)N2CCOCC2)n1. The van der Waals surface area contributed by atoms with E-state index in [2.05, 4.69) is 15.3 Å². The number of anilines is 2. The number of rotatable bonds is 3. The maximum atomic E-state index is 12.4. The summed E-state index contributed by atoms with van der Waals surface area (Å²) in [5, 5.41) is 3.15. The molecule has 0 aliphatic carbocycles. The third kappa shape index (κ3) is 3.23. The molecule has 1 amide bonds. The zero-order chi connectivity index (χ0) is 15.4. The molecular weight excluding hydrogens is 280 g/mol. The van der Waals surface area contributed by atoms with Crippen LogP contribution in [0.2, 0.25) is 0 Å². The van der Waals surface area contributed by atoms with Crippen LogP contribution < -0.4 is 5.32 Å². The summed E-state index contributed by atoms with van der Waals surface area (Å²) in [6.07, 6.45) is 1.60. The molecule has 0 bridgehead atoms. The summed E-state index contributed by atoms with van der Waals surface area (Å²) in [4.78, 5) is 22.7. The molecule has 1 N–H and O–H groups in total. The average Bonchev–Trinajstić information content (AvgIpc) is 2.57. The van der Waals surface area contributed by atoms with E-state index in [9.17, 15) is 4.79 Å². The summed E-state index contributed by atoms with van der Waals surface area (Å²) >= 11 is 0. The predicted octanol–water partition coefficient (Wildman–Crippen LogP) is 2.00. The van der Waals surface area contributed by atoms with Crippen molar-refractivity contribution in [3.63, 3.8) is 0 Å². The third-order valence-electron chi connectivity index (χ3n) is 3.56. The Morgan fingerprint density at radius 2 is 2.00 bits per heavy atom. The summed E-state index contributed by atoms with van der Waals surface area (Å²) in [6, 6.07) is 9.51. The summed E-state index contributed by atoms with van der Waals surface area (Å²) in [7, 11) is 0. The fourth-order valence-electron chi connectivity index (χ4n) is 2.30. The minimum atomic E-state index is -0.0847. The highest BCUT2D eigenvalue weighted by Crippen LogP contribution is 2.17. The minimum Gasteiger partial charge on any atom is -0.378 e. The van der Waals surface area contributed by atoms with E-state index < -0.39 is 0 Å². The first kappa shape index (κ1) is 14.5. The van der Waals surface area contributed by atoms with Crippen LogP contribution in [-0.4, -0.2) is 47.1 Å². The third-order valence-corrected chi connectivity index (χ3v) is 3.56. The lowest BCUT2D eigenvalue weighted by molar-refractivity contribution is 0.0299. The van der Waals surface area contributed by atoms with Gasteiger partial charge in [0.15, 0.2) is 0 Å². The van der Waals surface area contributed by atoms with Crippen LogP contribution in [0, 0.1) is 6.92 Å². The first-order valence-electron chi connectivity index (χ1n) is 7.27. The molecule has 0 unspecified atom stereocenters. The van der Waals surface area contributed by atoms with Gasteiger partial charge in [-0.25, -0.2) is 9.97 Å². The van der Waals surface area contributed by atoms with Crippen molar-refractivity contribution in [2.75, 3.05) is 31.6 Å². The lowest BCUT2D eigenvalue weighted by Crippen LogP contribution is -2.41. The second-order valence-corrected chi connectivity index (χ2v) is 5.11. The van der Waals surface area contributed by atoms with E-state index in [-0.39, 0.29) is 5.91 Å². The fourth-order valence-corrected chi connectivity index (χ4v) is 2.30. The zero-order valence-corrected chi connectivity index (χ0v) is 12.5. The van der Waals surface area contributed by atoms with Gasteiger partial charge < -0.3 is 15.0 Å². The van der Waals surface area contributed by atoms with E-state index in [0.717, 1.165) is 11.3 Å². The highest BCUT2D eigenvalue weighted by molar-refractivity contribution is 5.92. The summed E-state index contributed by atoms with van der Waals surface area (Å²) in [5.74, 6) is 0.340. The van der Waals surface area contributed by atoms with Crippen molar-refractivity contribution in [1.29, 1.82) is 0 Å². The van der Waals surface area contributed by atoms with Gasteiger partial charge in [0.1, 0.15) is 5.69 Å². The predicted molar refractivity (Wildman–Crippen MR) is 83.2 cm³/mol. The number of carbonyl (C=O) groups is 1. The van der Waals surface area contributed by atoms with E-state index in [1.54, 1.807) is 17.2 Å². The smallest absolute Gasteiger partial charge is 0.272 e. The lowest BCUT2D eigenvalue weighted by atomic mass is 10.2. The van der Waals surface area contributed by atoms with Gasteiger partial charge in [-0.15, -0.1) is 0 Å². The van der Waals surface area contributed by atoms with Gasteiger partial charge in [0.05, 0.1) is 13.2 Å². The van der Waals surface area contributed by atoms with Crippen LogP contribution in [0.1, 0.15) is 16.1 Å². The van der Waals surface area contributed by atoms with Gasteiger partial charge in [0.2, 0.25) is 5.95 Å². The molecule has 0 radical (unpaired) electrons. The number of morpholine rings is 1. The molecule has 1 fully saturated rings. The van der Waals surface area contributed by atoms with Crippen LogP contribution in [-0.2, 0) is 4.74 Å². The number of aryl methyl sites for hydroxylation is 1. The van der Waals surface area contributed by atoms with Gasteiger partial charge in [0, 0.05) is 25.0 Å². The Morgan fingerprint density at radius 1 is 1.23 bits per heavy atom. The van der Waals surface area contributed by atoms with E-state index in [0.29, 0.717) is 37.9 Å². The first-order valence-corrected chi connectivity index (χ1v) is 7.27. The topological polar surface area (TPSA) is 67.4 Å². The van der Waals surface area contributed by atoms with E-state index >= 15 is 0 Å². The standard InChI is InChI=1S/C16H18N4O2/c1-12-4-2-3-5-13(12)18-16-17-7-6-14(19-16)15(21)20-8-10-22-11-9-20/h2-7H,8-11H2,1H3,(H,17,18,19). The first-order chi connectivity index (χ1) is 10.7. The summed E-state index contributed by atoms with van der Waals surface area (Å²) in [6.45, 7) is 4.36. The molecule has 1 aromatic heterocycles. The maximum absolute atomic E-state index is 12.4. The van der Waals surface area contributed by atoms with Crippen molar-refractivity contribution in [2.24, 2.45) is 0 Å². The van der Waals surface area contributed by atoms with Crippen LogP contribution in [0.4, 0.5) is 11.6 Å². The molecule has 6 heteroatoms. The van der Waals surface area contributed by atoms with Gasteiger partial charge in [-0.3, -0.25) is 4.79 Å². The monoisotopic (exact) mass is 298 g/mol. The van der Waals surface area contributed by atoms with Crippen molar-refractivity contribution in [3.05, 3.63) is 47.8 Å². The number of hydrogen-bond acceptors (Lipinski definition) is 5. The Hall–Kier alpha value is -2.47. The van der Waals surface area contributed by atoms with Crippen LogP contribution in [0.25, 0.3) is 0 Å². The average molecular weight is 298 g/mol. The Balaban J connectivity index is 1.77. The normalized spacial score (nSPS) is 14.7. The van der Waals surface area contributed by atoms with Crippen LogP contribution in [0.5, 0.6) is 0 Å². The molecule has 0 spiro atoms. The van der Waals surface area contributed by atoms with Crippen molar-refractivity contribution in [2.45, 2.75) is 6.92 Å². The number of hydrogen-bond donors (Lipinski definition) is 1. The molecular formula is C16H18N4O2. The molecule has 2 heterocycles. The molecule has 1 saturated heterocycles. The molecule has 0 atom stereocenters. The number of nitrogens with zero attached hydrogens (tertiary/aromatic N) is 3. The lowest BCUT2D eigenvalue weighted by Gasteiger charge is -2.26. The second kappa shape index (κ2) is 6.53. The van der Waals surface area contributed by atoms with E-state index in [4.69, 9.17) is 4.74 Å². The minimum absolute atomic E-state index is 0.0847. The Bertz CT molecular complexity index is 669. The Kier molecular flexibility index (Phi) is 4.29. The van der Waals surface area contributed by atoms with Gasteiger partial charge in [-0.05, 0) is 24.6 Å². The largest absolute Gasteiger partial charge is 0.378 e. The summed E-state index contributed by atoms with van der Waals surface area (Å²) < 4.78 is 5.26. The van der Waals surface area contributed by atoms with Crippen LogP contribution in [0.15, 0.2) is 36.5 Å². The number of aromatic nitrogens is 2. The number of nitrogens with one attached hydrogen (secondary N) is 1. The molecule has 1 aromatic carbocycles. The maximum Gasteiger partial charge on any atom is 0.272 e. The molecule has 3 rings (SSSR count). The van der Waals surface area contributed by atoms with Gasteiger partial charge >= 0.3 is 0 Å². The number of carbonyl (C=O) groups excluding carboxylic acids is 1. The van der Waals surface area contributed by atoms with Crippen molar-refractivity contribution < 1.29 is 9.53 Å². The molecule has 6 nitrogen and oxygen atoms in total. The number of ether oxygens (including phenoxy) is 1. The number of benzene rings is 1. The van der Waals surface area contributed by atoms with Crippen molar-refractivity contribution in [3.8, 4) is 0 Å². The van der Waals surface area contributed by atoms with Crippen molar-refractivity contribution in [1.82, 2.24) is 14.9 Å². The zero-order valence-electron chi connectivity index (χ0n) is 12.5. The van der Waals surface area contributed by atoms with Crippen molar-refractivity contribution >= 4 is 17.5 Å². The highest BCUT2D eigenvalue weighted by atomic mass is 16.5. The van der Waals surface area contributed by atoms with E-state index in [1.807, 2.05) is 31.2 Å². The quantitative estimate of drug-likeness (QED) is 0.938. The number of amides is 1. The Labute approximate surface area is 129 Å². The fraction of sp³-hybridized carbons (Fsp3) is 0.312. The van der Waals surface area contributed by atoms with Gasteiger partial charge in [0.25, 0.3) is 5.91 Å². The number of para-hydroxylation sites is 1. The second-order valence-electron chi connectivity index (χ2n) is 5.11. The molecule has 22 heavy (non-hydrogen) atoms. The van der Waals surface area contributed by atoms with Crippen LogP contribution >= 0.6 is 0 Å². The van der Waals surface area contributed by atoms with Gasteiger partial charge in [-0.1, -0.05) is 18.2 Å². The molecule has 0 saturated carbocycles. The molecule has 2 aromatic rings. The molecule has 1 aliphatic heterocycles. The van der Waals surface area contributed by atoms with Gasteiger partial charge in [-0.2, -0.15) is 0 Å². The Morgan fingerprint density at radius 3 is 2.77 bits per heavy atom.